The fraction of sp³-hybridized carbons (Fsp3) is 0.714. The standard InChI is InChI=1S/C7H11NO4/c1-7(8,6(11)12)4-2-3(4)5(9)10/h3-4H,2,8H2,1H3,(H,9,10)(H,11,12)/t3-,4-,7+/m0/s1. The molecule has 0 unspecified atom stereocenters. The highest BCUT2D eigenvalue weighted by Gasteiger charge is 2.55. The Balaban J connectivity index is 2.64. The Morgan fingerprint density at radius 1 is 1.50 bits per heavy atom. The number of carboxylic acids is 2. The van der Waals surface area contributed by atoms with Gasteiger partial charge in [0.2, 0.25) is 0 Å². The van der Waals surface area contributed by atoms with E-state index in [9.17, 15) is 9.59 Å². The zero-order valence-electron chi connectivity index (χ0n) is 6.65. The van der Waals surface area contributed by atoms with Crippen LogP contribution in [0, 0.1) is 11.8 Å². The second kappa shape index (κ2) is 2.45. The minimum Gasteiger partial charge on any atom is -0.481 e. The molecular formula is C7H11NO4. The van der Waals surface area contributed by atoms with E-state index < -0.39 is 29.3 Å². The van der Waals surface area contributed by atoms with Gasteiger partial charge in [0.15, 0.2) is 0 Å². The van der Waals surface area contributed by atoms with Crippen LogP contribution in [0.5, 0.6) is 0 Å². The number of hydrogen-bond acceptors (Lipinski definition) is 3. The third-order valence-corrected chi connectivity index (χ3v) is 2.34. The molecule has 0 amide bonds. The van der Waals surface area contributed by atoms with Crippen LogP contribution in [-0.2, 0) is 9.59 Å². The van der Waals surface area contributed by atoms with E-state index in [-0.39, 0.29) is 0 Å². The smallest absolute Gasteiger partial charge is 0.323 e. The maximum Gasteiger partial charge on any atom is 0.323 e. The monoisotopic (exact) mass is 173 g/mol. The van der Waals surface area contributed by atoms with Crippen LogP contribution in [0.25, 0.3) is 0 Å². The predicted octanol–water partition coefficient (Wildman–Crippen LogP) is -0.491. The van der Waals surface area contributed by atoms with Gasteiger partial charge in [-0.05, 0) is 13.3 Å². The number of carboxylic acid groups (broad SMARTS) is 2. The Labute approximate surface area is 69.2 Å². The lowest BCUT2D eigenvalue weighted by atomic mass is 9.96. The lowest BCUT2D eigenvalue weighted by molar-refractivity contribution is -0.144. The highest BCUT2D eigenvalue weighted by atomic mass is 16.4. The first-order valence-electron chi connectivity index (χ1n) is 3.62. The molecule has 0 bridgehead atoms. The van der Waals surface area contributed by atoms with Gasteiger partial charge in [-0.2, -0.15) is 0 Å². The van der Waals surface area contributed by atoms with Gasteiger partial charge in [0, 0.05) is 5.92 Å². The topological polar surface area (TPSA) is 101 Å². The molecule has 0 spiro atoms. The Hall–Kier alpha value is -1.10. The van der Waals surface area contributed by atoms with Crippen LogP contribution >= 0.6 is 0 Å². The summed E-state index contributed by atoms with van der Waals surface area (Å²) >= 11 is 0. The van der Waals surface area contributed by atoms with Gasteiger partial charge in [-0.25, -0.2) is 0 Å². The van der Waals surface area contributed by atoms with E-state index in [2.05, 4.69) is 0 Å². The van der Waals surface area contributed by atoms with Crippen molar-refractivity contribution >= 4 is 11.9 Å². The summed E-state index contributed by atoms with van der Waals surface area (Å²) in [6.07, 6.45) is 0.370. The van der Waals surface area contributed by atoms with E-state index in [0.717, 1.165) is 0 Å². The number of rotatable bonds is 3. The molecule has 5 nitrogen and oxygen atoms in total. The molecule has 1 saturated carbocycles. The Bertz CT molecular complexity index is 236. The van der Waals surface area contributed by atoms with Gasteiger partial charge in [0.1, 0.15) is 5.54 Å². The fourth-order valence-corrected chi connectivity index (χ4v) is 1.29. The van der Waals surface area contributed by atoms with E-state index in [0.29, 0.717) is 6.42 Å². The fourth-order valence-electron chi connectivity index (χ4n) is 1.29. The third-order valence-electron chi connectivity index (χ3n) is 2.34. The first kappa shape index (κ1) is 8.99. The SMILES string of the molecule is C[C@](N)(C(=O)O)[C@H]1C[C@@H]1C(=O)O. The predicted molar refractivity (Wildman–Crippen MR) is 39.5 cm³/mol. The summed E-state index contributed by atoms with van der Waals surface area (Å²) in [4.78, 5) is 20.9. The van der Waals surface area contributed by atoms with Gasteiger partial charge < -0.3 is 15.9 Å². The number of carbonyl (C=O) groups is 2. The van der Waals surface area contributed by atoms with Gasteiger partial charge in [0.25, 0.3) is 0 Å². The van der Waals surface area contributed by atoms with Gasteiger partial charge in [-0.3, -0.25) is 9.59 Å². The Morgan fingerprint density at radius 3 is 2.25 bits per heavy atom. The van der Waals surface area contributed by atoms with Crippen molar-refractivity contribution in [2.24, 2.45) is 17.6 Å². The molecule has 0 saturated heterocycles. The second-order valence-corrected chi connectivity index (χ2v) is 3.37. The van der Waals surface area contributed by atoms with Crippen molar-refractivity contribution in [3.05, 3.63) is 0 Å². The average Bonchev–Trinajstić information content (AvgIpc) is 2.63. The summed E-state index contributed by atoms with van der Waals surface area (Å²) in [5.41, 5.74) is 4.03. The van der Waals surface area contributed by atoms with E-state index in [4.69, 9.17) is 15.9 Å². The maximum atomic E-state index is 10.6. The van der Waals surface area contributed by atoms with Crippen molar-refractivity contribution in [3.8, 4) is 0 Å². The summed E-state index contributed by atoms with van der Waals surface area (Å²) in [7, 11) is 0. The van der Waals surface area contributed by atoms with Crippen molar-refractivity contribution in [2.75, 3.05) is 0 Å². The average molecular weight is 173 g/mol. The summed E-state index contributed by atoms with van der Waals surface area (Å²) in [6, 6.07) is 0. The summed E-state index contributed by atoms with van der Waals surface area (Å²) in [5, 5.41) is 17.2. The van der Waals surface area contributed by atoms with Crippen LogP contribution < -0.4 is 5.73 Å². The van der Waals surface area contributed by atoms with E-state index in [1.165, 1.54) is 6.92 Å². The van der Waals surface area contributed by atoms with E-state index >= 15 is 0 Å². The normalized spacial score (nSPS) is 32.2. The molecule has 0 aromatic heterocycles. The molecule has 1 rings (SSSR count). The molecule has 5 heteroatoms. The van der Waals surface area contributed by atoms with Crippen LogP contribution in [0.15, 0.2) is 0 Å². The Kier molecular flexibility index (Phi) is 1.83. The summed E-state index contributed by atoms with van der Waals surface area (Å²) in [6.45, 7) is 1.35. The molecule has 0 aliphatic heterocycles. The molecule has 1 fully saturated rings. The number of aliphatic carboxylic acids is 2. The molecule has 0 aromatic carbocycles. The molecule has 4 N–H and O–H groups in total. The maximum absolute atomic E-state index is 10.6. The van der Waals surface area contributed by atoms with E-state index in [1.807, 2.05) is 0 Å². The molecular weight excluding hydrogens is 162 g/mol. The van der Waals surface area contributed by atoms with Crippen LogP contribution in [-0.4, -0.2) is 27.7 Å². The van der Waals surface area contributed by atoms with Crippen molar-refractivity contribution in [3.63, 3.8) is 0 Å². The highest BCUT2D eigenvalue weighted by molar-refractivity contribution is 5.82. The lowest BCUT2D eigenvalue weighted by Crippen LogP contribution is -2.47. The van der Waals surface area contributed by atoms with Crippen LogP contribution in [0.4, 0.5) is 0 Å². The first-order valence-corrected chi connectivity index (χ1v) is 3.62. The minimum absolute atomic E-state index is 0.370. The van der Waals surface area contributed by atoms with Crippen LogP contribution in [0.2, 0.25) is 0 Å². The van der Waals surface area contributed by atoms with Gasteiger partial charge in [0.05, 0.1) is 5.92 Å². The zero-order valence-corrected chi connectivity index (χ0v) is 6.65. The van der Waals surface area contributed by atoms with Crippen molar-refractivity contribution in [1.82, 2.24) is 0 Å². The van der Waals surface area contributed by atoms with Crippen LogP contribution in [0.1, 0.15) is 13.3 Å². The molecule has 0 heterocycles. The Morgan fingerprint density at radius 2 is 2.00 bits per heavy atom. The van der Waals surface area contributed by atoms with Gasteiger partial charge in [-0.15, -0.1) is 0 Å². The quantitative estimate of drug-likeness (QED) is 0.534. The van der Waals surface area contributed by atoms with Crippen molar-refractivity contribution < 1.29 is 19.8 Å². The molecule has 68 valence electrons. The molecule has 12 heavy (non-hydrogen) atoms. The second-order valence-electron chi connectivity index (χ2n) is 3.37. The zero-order chi connectivity index (χ0) is 9.52. The van der Waals surface area contributed by atoms with Crippen LogP contribution in [0.3, 0.4) is 0 Å². The minimum atomic E-state index is -1.40. The van der Waals surface area contributed by atoms with Crippen molar-refractivity contribution in [1.29, 1.82) is 0 Å². The largest absolute Gasteiger partial charge is 0.481 e. The van der Waals surface area contributed by atoms with E-state index in [1.54, 1.807) is 0 Å². The first-order chi connectivity index (χ1) is 5.37. The number of nitrogens with two attached hydrogens (primary N) is 1. The molecule has 0 radical (unpaired) electrons. The molecule has 3 atom stereocenters. The summed E-state index contributed by atoms with van der Waals surface area (Å²) in [5.74, 6) is -3.10. The summed E-state index contributed by atoms with van der Waals surface area (Å²) < 4.78 is 0. The molecule has 1 aliphatic carbocycles. The lowest BCUT2D eigenvalue weighted by Gasteiger charge is -2.18. The highest BCUT2D eigenvalue weighted by Crippen LogP contribution is 2.45. The molecule has 1 aliphatic rings. The van der Waals surface area contributed by atoms with Crippen molar-refractivity contribution in [2.45, 2.75) is 18.9 Å². The third kappa shape index (κ3) is 1.27. The van der Waals surface area contributed by atoms with Gasteiger partial charge in [-0.1, -0.05) is 0 Å². The van der Waals surface area contributed by atoms with Gasteiger partial charge >= 0.3 is 11.9 Å². The molecule has 0 aromatic rings. The number of hydrogen-bond donors (Lipinski definition) is 3.